The molecule has 0 unspecified atom stereocenters. The Kier molecular flexibility index (Phi) is 5.27. The Balaban J connectivity index is 1.90. The number of nitrogens with zero attached hydrogens (tertiary/aromatic N) is 3. The van der Waals surface area contributed by atoms with Crippen LogP contribution in [0.15, 0.2) is 6.07 Å². The van der Waals surface area contributed by atoms with Crippen molar-refractivity contribution in [1.82, 2.24) is 14.4 Å². The maximum atomic E-state index is 12.5. The second-order valence-electron chi connectivity index (χ2n) is 6.14. The van der Waals surface area contributed by atoms with E-state index in [1.165, 1.54) is 5.69 Å². The van der Waals surface area contributed by atoms with Crippen LogP contribution in [-0.2, 0) is 23.1 Å². The maximum Gasteiger partial charge on any atom is 0.227 e. The second kappa shape index (κ2) is 6.99. The summed E-state index contributed by atoms with van der Waals surface area (Å²) in [5.74, 6) is 0.375. The molecule has 0 radical (unpaired) electrons. The van der Waals surface area contributed by atoms with Crippen LogP contribution in [0.1, 0.15) is 36.7 Å². The summed E-state index contributed by atoms with van der Waals surface area (Å²) in [4.78, 5) is 28.1. The van der Waals surface area contributed by atoms with Crippen molar-refractivity contribution in [2.75, 3.05) is 26.2 Å². The number of carbonyl (C=O) groups is 2. The Labute approximate surface area is 132 Å². The lowest BCUT2D eigenvalue weighted by atomic mass is 10.1. The lowest BCUT2D eigenvalue weighted by Gasteiger charge is -2.35. The summed E-state index contributed by atoms with van der Waals surface area (Å²) in [7, 11) is 2.02. The van der Waals surface area contributed by atoms with Crippen LogP contribution in [-0.4, -0.2) is 52.4 Å². The number of piperazine rings is 1. The minimum atomic E-state index is 0.163. The van der Waals surface area contributed by atoms with Gasteiger partial charge in [-0.15, -0.1) is 0 Å². The number of carbonyl (C=O) groups excluding carboxylic acids is 2. The lowest BCUT2D eigenvalue weighted by Crippen LogP contribution is -2.50. The number of rotatable bonds is 4. The number of amides is 2. The summed E-state index contributed by atoms with van der Waals surface area (Å²) in [5.41, 5.74) is 3.44. The molecule has 22 heavy (non-hydrogen) atoms. The van der Waals surface area contributed by atoms with Crippen LogP contribution in [0.5, 0.6) is 0 Å². The molecule has 5 nitrogen and oxygen atoms in total. The molecule has 1 aliphatic rings. The molecular weight excluding hydrogens is 278 g/mol. The maximum absolute atomic E-state index is 12.5. The molecule has 1 aromatic heterocycles. The molecule has 0 N–H and O–H groups in total. The van der Waals surface area contributed by atoms with Crippen molar-refractivity contribution in [3.63, 3.8) is 0 Å². The summed E-state index contributed by atoms with van der Waals surface area (Å²) in [5, 5.41) is 0. The second-order valence-corrected chi connectivity index (χ2v) is 6.14. The molecule has 0 aromatic carbocycles. The van der Waals surface area contributed by atoms with E-state index in [0.29, 0.717) is 39.0 Å². The third-order valence-corrected chi connectivity index (χ3v) is 4.67. The molecule has 0 aliphatic carbocycles. The van der Waals surface area contributed by atoms with Crippen molar-refractivity contribution in [2.24, 2.45) is 7.05 Å². The van der Waals surface area contributed by atoms with Gasteiger partial charge in [-0.3, -0.25) is 9.59 Å². The standard InChI is InChI=1S/C17H27N3O2/c1-5-6-16(21)19-7-9-20(10-8-19)17(22)12-15-11-13(2)18(4)14(15)3/h11H,5-10,12H2,1-4H3. The van der Waals surface area contributed by atoms with Crippen molar-refractivity contribution in [1.29, 1.82) is 0 Å². The number of aromatic nitrogens is 1. The van der Waals surface area contributed by atoms with E-state index in [-0.39, 0.29) is 11.8 Å². The van der Waals surface area contributed by atoms with E-state index in [2.05, 4.69) is 24.5 Å². The van der Waals surface area contributed by atoms with E-state index in [1.807, 2.05) is 23.8 Å². The van der Waals surface area contributed by atoms with E-state index < -0.39 is 0 Å². The highest BCUT2D eigenvalue weighted by molar-refractivity contribution is 5.80. The van der Waals surface area contributed by atoms with Gasteiger partial charge in [0.15, 0.2) is 0 Å². The zero-order valence-electron chi connectivity index (χ0n) is 14.2. The fraction of sp³-hybridized carbons (Fsp3) is 0.647. The van der Waals surface area contributed by atoms with Crippen molar-refractivity contribution >= 4 is 11.8 Å². The summed E-state index contributed by atoms with van der Waals surface area (Å²) >= 11 is 0. The Morgan fingerprint density at radius 2 is 1.59 bits per heavy atom. The molecule has 5 heteroatoms. The highest BCUT2D eigenvalue weighted by atomic mass is 16.2. The first-order valence-electron chi connectivity index (χ1n) is 8.11. The average molecular weight is 305 g/mol. The monoisotopic (exact) mass is 305 g/mol. The Morgan fingerprint density at radius 3 is 2.05 bits per heavy atom. The molecule has 1 aliphatic heterocycles. The van der Waals surface area contributed by atoms with Crippen LogP contribution in [0.3, 0.4) is 0 Å². The fourth-order valence-electron chi connectivity index (χ4n) is 2.96. The summed E-state index contributed by atoms with van der Waals surface area (Å²) in [6, 6.07) is 2.09. The van der Waals surface area contributed by atoms with Gasteiger partial charge in [-0.1, -0.05) is 6.92 Å². The van der Waals surface area contributed by atoms with Crippen LogP contribution in [0.4, 0.5) is 0 Å². The van der Waals surface area contributed by atoms with Gasteiger partial charge >= 0.3 is 0 Å². The van der Waals surface area contributed by atoms with Gasteiger partial charge in [0.05, 0.1) is 6.42 Å². The Hall–Kier alpha value is -1.78. The zero-order valence-corrected chi connectivity index (χ0v) is 14.2. The molecule has 122 valence electrons. The van der Waals surface area contributed by atoms with E-state index in [4.69, 9.17) is 0 Å². The summed E-state index contributed by atoms with van der Waals surface area (Å²) in [6.07, 6.45) is 1.94. The van der Waals surface area contributed by atoms with Crippen molar-refractivity contribution in [3.8, 4) is 0 Å². The van der Waals surface area contributed by atoms with E-state index in [0.717, 1.165) is 17.7 Å². The molecule has 1 saturated heterocycles. The van der Waals surface area contributed by atoms with Gasteiger partial charge in [-0.05, 0) is 31.9 Å². The van der Waals surface area contributed by atoms with Crippen LogP contribution < -0.4 is 0 Å². The molecule has 2 heterocycles. The molecule has 2 rings (SSSR count). The SMILES string of the molecule is CCCC(=O)N1CCN(C(=O)Cc2cc(C)n(C)c2C)CC1. The Morgan fingerprint density at radius 1 is 1.05 bits per heavy atom. The van der Waals surface area contributed by atoms with Crippen molar-refractivity contribution in [2.45, 2.75) is 40.0 Å². The largest absolute Gasteiger partial charge is 0.352 e. The van der Waals surface area contributed by atoms with Crippen LogP contribution in [0.25, 0.3) is 0 Å². The third-order valence-electron chi connectivity index (χ3n) is 4.67. The minimum absolute atomic E-state index is 0.163. The first-order valence-corrected chi connectivity index (χ1v) is 8.11. The molecule has 0 saturated carbocycles. The molecule has 1 fully saturated rings. The van der Waals surface area contributed by atoms with Gasteiger partial charge in [0.25, 0.3) is 0 Å². The minimum Gasteiger partial charge on any atom is -0.352 e. The van der Waals surface area contributed by atoms with Crippen LogP contribution in [0.2, 0.25) is 0 Å². The van der Waals surface area contributed by atoms with Crippen molar-refractivity contribution in [3.05, 3.63) is 23.0 Å². The number of hydrogen-bond donors (Lipinski definition) is 0. The highest BCUT2D eigenvalue weighted by Crippen LogP contribution is 2.15. The lowest BCUT2D eigenvalue weighted by molar-refractivity contribution is -0.139. The highest BCUT2D eigenvalue weighted by Gasteiger charge is 2.24. The predicted molar refractivity (Wildman–Crippen MR) is 86.7 cm³/mol. The Bertz CT molecular complexity index is 554. The number of aryl methyl sites for hydroxylation is 1. The predicted octanol–water partition coefficient (Wildman–Crippen LogP) is 1.66. The summed E-state index contributed by atoms with van der Waals surface area (Å²) < 4.78 is 2.12. The summed E-state index contributed by atoms with van der Waals surface area (Å²) in [6.45, 7) is 8.75. The molecular formula is C17H27N3O2. The molecule has 1 aromatic rings. The normalized spacial score (nSPS) is 15.3. The number of hydrogen-bond acceptors (Lipinski definition) is 2. The molecule has 0 atom stereocenters. The molecule has 2 amide bonds. The van der Waals surface area contributed by atoms with Crippen LogP contribution >= 0.6 is 0 Å². The first kappa shape index (κ1) is 16.6. The van der Waals surface area contributed by atoms with Gasteiger partial charge in [0.1, 0.15) is 0 Å². The third kappa shape index (κ3) is 3.51. The van der Waals surface area contributed by atoms with Gasteiger partial charge < -0.3 is 14.4 Å². The van der Waals surface area contributed by atoms with Gasteiger partial charge in [0.2, 0.25) is 11.8 Å². The first-order chi connectivity index (χ1) is 10.4. The van der Waals surface area contributed by atoms with Gasteiger partial charge in [-0.2, -0.15) is 0 Å². The smallest absolute Gasteiger partial charge is 0.227 e. The van der Waals surface area contributed by atoms with E-state index in [1.54, 1.807) is 0 Å². The van der Waals surface area contributed by atoms with Gasteiger partial charge in [-0.25, -0.2) is 0 Å². The van der Waals surface area contributed by atoms with Crippen LogP contribution in [0, 0.1) is 13.8 Å². The van der Waals surface area contributed by atoms with E-state index in [9.17, 15) is 9.59 Å². The molecule has 0 bridgehead atoms. The zero-order chi connectivity index (χ0) is 16.3. The van der Waals surface area contributed by atoms with Crippen molar-refractivity contribution < 1.29 is 9.59 Å². The quantitative estimate of drug-likeness (QED) is 0.849. The average Bonchev–Trinajstić information content (AvgIpc) is 2.75. The fourth-order valence-corrected chi connectivity index (χ4v) is 2.96. The van der Waals surface area contributed by atoms with Gasteiger partial charge in [0, 0.05) is 51.0 Å². The topological polar surface area (TPSA) is 45.6 Å². The van der Waals surface area contributed by atoms with E-state index >= 15 is 0 Å². The molecule has 0 spiro atoms.